The van der Waals surface area contributed by atoms with Gasteiger partial charge in [0.25, 0.3) is 0 Å². The summed E-state index contributed by atoms with van der Waals surface area (Å²) >= 11 is 1.76. The largest absolute Gasteiger partial charge is 0.253 e. The van der Waals surface area contributed by atoms with E-state index in [0.717, 1.165) is 22.2 Å². The average Bonchev–Trinajstić information content (AvgIpc) is 3.00. The summed E-state index contributed by atoms with van der Waals surface area (Å²) in [7, 11) is 0. The van der Waals surface area contributed by atoms with Crippen LogP contribution in [0, 0.1) is 0 Å². The molecule has 0 N–H and O–H groups in total. The minimum absolute atomic E-state index is 0.847. The van der Waals surface area contributed by atoms with Gasteiger partial charge >= 0.3 is 0 Å². The molecule has 0 spiro atoms. The molecule has 2 aromatic carbocycles. The van der Waals surface area contributed by atoms with Crippen molar-refractivity contribution in [2.45, 2.75) is 0 Å². The number of hydrogen-bond donors (Lipinski definition) is 0. The molecule has 0 atom stereocenters. The molecule has 0 aliphatic carbocycles. The van der Waals surface area contributed by atoms with Crippen molar-refractivity contribution in [1.82, 2.24) is 15.2 Å². The Kier molecular flexibility index (Phi) is 2.66. The normalized spacial score (nSPS) is 11.5. The Labute approximate surface area is 136 Å². The van der Waals surface area contributed by atoms with Gasteiger partial charge in [0, 0.05) is 32.4 Å². The van der Waals surface area contributed by atoms with Gasteiger partial charge in [-0.1, -0.05) is 42.5 Å². The number of pyridine rings is 1. The molecule has 3 aromatic heterocycles. The van der Waals surface area contributed by atoms with Gasteiger partial charge in [-0.15, -0.1) is 16.4 Å². The lowest BCUT2D eigenvalue weighted by atomic mass is 10.1. The Morgan fingerprint density at radius 2 is 1.57 bits per heavy atom. The molecule has 4 heteroatoms. The minimum atomic E-state index is 0.847. The third-order valence-electron chi connectivity index (χ3n) is 4.09. The number of nitrogens with zero attached hydrogens (tertiary/aromatic N) is 3. The van der Waals surface area contributed by atoms with Crippen molar-refractivity contribution >= 4 is 42.3 Å². The molecule has 0 radical (unpaired) electrons. The molecule has 5 rings (SSSR count). The predicted molar refractivity (Wildman–Crippen MR) is 95.7 cm³/mol. The highest BCUT2D eigenvalue weighted by Crippen LogP contribution is 2.39. The molecule has 0 unspecified atom stereocenters. The first-order valence-electron chi connectivity index (χ1n) is 7.39. The molecule has 0 saturated carbocycles. The van der Waals surface area contributed by atoms with Crippen molar-refractivity contribution < 1.29 is 0 Å². The molecule has 3 nitrogen and oxygen atoms in total. The van der Waals surface area contributed by atoms with E-state index in [1.807, 2.05) is 18.3 Å². The standard InChI is InChI=1S/C19H11N3S/c1-2-6-13-12(5-1)11-21-22-17(13)18-19-15(9-10-20-18)14-7-3-4-8-16(14)23-19/h1-11H. The minimum Gasteiger partial charge on any atom is -0.253 e. The highest BCUT2D eigenvalue weighted by Gasteiger charge is 2.14. The number of aromatic nitrogens is 3. The Balaban J connectivity index is 1.93. The van der Waals surface area contributed by atoms with Crippen LogP contribution in [0.25, 0.3) is 42.3 Å². The summed E-state index contributed by atoms with van der Waals surface area (Å²) in [5.74, 6) is 0. The van der Waals surface area contributed by atoms with Crippen LogP contribution in [-0.4, -0.2) is 15.2 Å². The highest BCUT2D eigenvalue weighted by atomic mass is 32.1. The van der Waals surface area contributed by atoms with Gasteiger partial charge in [0.1, 0.15) is 11.4 Å². The zero-order chi connectivity index (χ0) is 15.2. The molecular formula is C19H11N3S. The van der Waals surface area contributed by atoms with E-state index in [-0.39, 0.29) is 0 Å². The maximum absolute atomic E-state index is 4.63. The van der Waals surface area contributed by atoms with Crippen LogP contribution in [-0.2, 0) is 0 Å². The number of thiophene rings is 1. The number of rotatable bonds is 1. The number of fused-ring (bicyclic) bond motifs is 4. The van der Waals surface area contributed by atoms with Crippen LogP contribution < -0.4 is 0 Å². The molecule has 23 heavy (non-hydrogen) atoms. The van der Waals surface area contributed by atoms with Crippen LogP contribution in [0.2, 0.25) is 0 Å². The van der Waals surface area contributed by atoms with E-state index in [1.165, 1.54) is 20.2 Å². The summed E-state index contributed by atoms with van der Waals surface area (Å²) in [6.45, 7) is 0. The van der Waals surface area contributed by atoms with Crippen LogP contribution in [0.5, 0.6) is 0 Å². The van der Waals surface area contributed by atoms with Crippen LogP contribution in [0.4, 0.5) is 0 Å². The zero-order valence-corrected chi connectivity index (χ0v) is 12.9. The molecule has 5 aromatic rings. The second kappa shape index (κ2) is 4.83. The van der Waals surface area contributed by atoms with Crippen molar-refractivity contribution in [1.29, 1.82) is 0 Å². The molecule has 0 saturated heterocycles. The fourth-order valence-electron chi connectivity index (χ4n) is 3.02. The van der Waals surface area contributed by atoms with Crippen molar-refractivity contribution in [3.63, 3.8) is 0 Å². The van der Waals surface area contributed by atoms with E-state index in [1.54, 1.807) is 17.5 Å². The summed E-state index contributed by atoms with van der Waals surface area (Å²) < 4.78 is 2.43. The molecule has 0 amide bonds. The molecule has 0 bridgehead atoms. The first-order valence-corrected chi connectivity index (χ1v) is 8.20. The fourth-order valence-corrected chi connectivity index (χ4v) is 4.21. The third-order valence-corrected chi connectivity index (χ3v) is 5.28. The monoisotopic (exact) mass is 313 g/mol. The maximum atomic E-state index is 4.63. The van der Waals surface area contributed by atoms with Gasteiger partial charge in [-0.2, -0.15) is 5.10 Å². The lowest BCUT2D eigenvalue weighted by Gasteiger charge is -2.04. The van der Waals surface area contributed by atoms with Gasteiger partial charge in [0.15, 0.2) is 0 Å². The van der Waals surface area contributed by atoms with Gasteiger partial charge in [-0.25, -0.2) is 0 Å². The molecular weight excluding hydrogens is 302 g/mol. The van der Waals surface area contributed by atoms with Crippen molar-refractivity contribution in [2.75, 3.05) is 0 Å². The lowest BCUT2D eigenvalue weighted by molar-refractivity contribution is 1.05. The summed E-state index contributed by atoms with van der Waals surface area (Å²) in [5.41, 5.74) is 1.76. The lowest BCUT2D eigenvalue weighted by Crippen LogP contribution is -1.91. The Hall–Kier alpha value is -2.85. The average molecular weight is 313 g/mol. The van der Waals surface area contributed by atoms with Crippen molar-refractivity contribution in [2.24, 2.45) is 0 Å². The van der Waals surface area contributed by atoms with E-state index < -0.39 is 0 Å². The number of hydrogen-bond acceptors (Lipinski definition) is 4. The first kappa shape index (κ1) is 12.7. The van der Waals surface area contributed by atoms with Gasteiger partial charge in [-0.05, 0) is 12.1 Å². The summed E-state index contributed by atoms with van der Waals surface area (Å²) in [4.78, 5) is 4.63. The second-order valence-electron chi connectivity index (χ2n) is 5.41. The SMILES string of the molecule is c1ccc2c(-c3nccc4c3sc3ccccc34)nncc2c1. The fraction of sp³-hybridized carbons (Fsp3) is 0. The Bertz CT molecular complexity index is 1170. The van der Waals surface area contributed by atoms with Crippen LogP contribution in [0.3, 0.4) is 0 Å². The molecule has 108 valence electrons. The van der Waals surface area contributed by atoms with Crippen LogP contribution in [0.15, 0.2) is 67.0 Å². The second-order valence-corrected chi connectivity index (χ2v) is 6.47. The van der Waals surface area contributed by atoms with Gasteiger partial charge in [-0.3, -0.25) is 4.98 Å². The van der Waals surface area contributed by atoms with E-state index in [2.05, 4.69) is 57.6 Å². The molecule has 0 fully saturated rings. The van der Waals surface area contributed by atoms with Crippen LogP contribution in [0.1, 0.15) is 0 Å². The van der Waals surface area contributed by atoms with E-state index in [0.29, 0.717) is 0 Å². The molecule has 0 aliphatic heterocycles. The molecule has 3 heterocycles. The molecule has 0 aliphatic rings. The topological polar surface area (TPSA) is 38.7 Å². The zero-order valence-electron chi connectivity index (χ0n) is 12.1. The first-order chi connectivity index (χ1) is 11.4. The third kappa shape index (κ3) is 1.85. The van der Waals surface area contributed by atoms with Crippen LogP contribution >= 0.6 is 11.3 Å². The summed E-state index contributed by atoms with van der Waals surface area (Å²) in [5, 5.41) is 13.2. The van der Waals surface area contributed by atoms with Crippen molar-refractivity contribution in [3.8, 4) is 11.4 Å². The van der Waals surface area contributed by atoms with Gasteiger partial charge in [0.2, 0.25) is 0 Å². The van der Waals surface area contributed by atoms with E-state index in [4.69, 9.17) is 0 Å². The number of benzene rings is 2. The smallest absolute Gasteiger partial charge is 0.121 e. The van der Waals surface area contributed by atoms with E-state index in [9.17, 15) is 0 Å². The van der Waals surface area contributed by atoms with E-state index >= 15 is 0 Å². The van der Waals surface area contributed by atoms with Crippen molar-refractivity contribution in [3.05, 3.63) is 67.0 Å². The Morgan fingerprint density at radius 1 is 0.739 bits per heavy atom. The summed E-state index contributed by atoms with van der Waals surface area (Å²) in [6.07, 6.45) is 3.66. The quantitative estimate of drug-likeness (QED) is 0.434. The maximum Gasteiger partial charge on any atom is 0.121 e. The Morgan fingerprint density at radius 3 is 2.52 bits per heavy atom. The van der Waals surface area contributed by atoms with Gasteiger partial charge < -0.3 is 0 Å². The summed E-state index contributed by atoms with van der Waals surface area (Å²) in [6, 6.07) is 18.7. The highest BCUT2D eigenvalue weighted by molar-refractivity contribution is 7.26. The van der Waals surface area contributed by atoms with Gasteiger partial charge in [0.05, 0.1) is 10.9 Å². The predicted octanol–water partition coefficient (Wildman–Crippen LogP) is 5.06.